The lowest BCUT2D eigenvalue weighted by Gasteiger charge is -2.13. The van der Waals surface area contributed by atoms with Gasteiger partial charge in [-0.25, -0.2) is 12.8 Å². The highest BCUT2D eigenvalue weighted by molar-refractivity contribution is 7.92. The molecule has 0 aliphatic rings. The van der Waals surface area contributed by atoms with Crippen molar-refractivity contribution in [2.24, 2.45) is 0 Å². The number of methoxy groups -OCH3 is 2. The maximum atomic E-state index is 14.1. The summed E-state index contributed by atoms with van der Waals surface area (Å²) in [6.07, 6.45) is 0.764. The third-order valence-corrected chi connectivity index (χ3v) is 4.71. The summed E-state index contributed by atoms with van der Waals surface area (Å²) < 4.78 is 51.4. The average molecular weight is 339 g/mol. The van der Waals surface area contributed by atoms with Gasteiger partial charge in [0, 0.05) is 17.8 Å². The third kappa shape index (κ3) is 3.73. The normalized spacial score (nSPS) is 11.1. The fourth-order valence-corrected chi connectivity index (χ4v) is 3.23. The van der Waals surface area contributed by atoms with E-state index in [0.29, 0.717) is 5.69 Å². The molecule has 1 N–H and O–H groups in total. The minimum absolute atomic E-state index is 0.122. The topological polar surface area (TPSA) is 64.6 Å². The van der Waals surface area contributed by atoms with Crippen LogP contribution in [0, 0.1) is 5.82 Å². The molecule has 2 aromatic carbocycles. The molecule has 0 bridgehead atoms. The number of benzene rings is 2. The summed E-state index contributed by atoms with van der Waals surface area (Å²) in [7, 11) is -1.39. The molecule has 0 fully saturated rings. The smallest absolute Gasteiger partial charge is 0.264 e. The van der Waals surface area contributed by atoms with Gasteiger partial charge in [0.2, 0.25) is 0 Å². The molecule has 0 aromatic heterocycles. The van der Waals surface area contributed by atoms with E-state index in [0.717, 1.165) is 24.1 Å². The van der Waals surface area contributed by atoms with Gasteiger partial charge in [0.25, 0.3) is 10.0 Å². The molecule has 0 amide bonds. The van der Waals surface area contributed by atoms with Crippen LogP contribution >= 0.6 is 0 Å². The summed E-state index contributed by atoms with van der Waals surface area (Å²) in [5.74, 6) is -0.657. The number of hydrogen-bond donors (Lipinski definition) is 1. The minimum Gasteiger partial charge on any atom is -0.493 e. The van der Waals surface area contributed by atoms with Gasteiger partial charge < -0.3 is 9.47 Å². The highest BCUT2D eigenvalue weighted by atomic mass is 32.2. The zero-order chi connectivity index (χ0) is 17.0. The van der Waals surface area contributed by atoms with Crippen molar-refractivity contribution in [3.05, 3.63) is 47.8 Å². The van der Waals surface area contributed by atoms with Gasteiger partial charge in [0.05, 0.1) is 14.2 Å². The zero-order valence-corrected chi connectivity index (χ0v) is 13.9. The number of rotatable bonds is 6. The van der Waals surface area contributed by atoms with E-state index in [2.05, 4.69) is 4.72 Å². The Morgan fingerprint density at radius 2 is 1.74 bits per heavy atom. The number of nitrogens with one attached hydrogen (secondary N) is 1. The summed E-state index contributed by atoms with van der Waals surface area (Å²) in [5.41, 5.74) is 1.34. The molecule has 0 unspecified atom stereocenters. The van der Waals surface area contributed by atoms with Crippen molar-refractivity contribution < 1.29 is 22.3 Å². The van der Waals surface area contributed by atoms with Gasteiger partial charge in [0.15, 0.2) is 11.5 Å². The van der Waals surface area contributed by atoms with Crippen molar-refractivity contribution in [3.8, 4) is 11.5 Å². The highest BCUT2D eigenvalue weighted by Crippen LogP contribution is 2.32. The van der Waals surface area contributed by atoms with Crippen molar-refractivity contribution >= 4 is 15.7 Å². The molecule has 23 heavy (non-hydrogen) atoms. The Hall–Kier alpha value is -2.28. The SMILES string of the molecule is CCc1cccc(NS(=O)(=O)c2cc(OC)c(OC)cc2F)c1. The summed E-state index contributed by atoms with van der Waals surface area (Å²) in [6, 6.07) is 9.01. The molecule has 124 valence electrons. The summed E-state index contributed by atoms with van der Waals surface area (Å²) in [6.45, 7) is 1.96. The third-order valence-electron chi connectivity index (χ3n) is 3.32. The maximum absolute atomic E-state index is 14.1. The molecule has 5 nitrogen and oxygen atoms in total. The number of anilines is 1. The van der Waals surface area contributed by atoms with Crippen LogP contribution in [0.5, 0.6) is 11.5 Å². The monoisotopic (exact) mass is 339 g/mol. The Morgan fingerprint density at radius 1 is 1.09 bits per heavy atom. The van der Waals surface area contributed by atoms with Crippen LogP contribution in [-0.4, -0.2) is 22.6 Å². The van der Waals surface area contributed by atoms with Crippen LogP contribution in [0.2, 0.25) is 0 Å². The number of halogens is 1. The van der Waals surface area contributed by atoms with Crippen molar-refractivity contribution in [2.75, 3.05) is 18.9 Å². The Balaban J connectivity index is 2.43. The van der Waals surface area contributed by atoms with E-state index in [9.17, 15) is 12.8 Å². The van der Waals surface area contributed by atoms with Crippen LogP contribution in [0.4, 0.5) is 10.1 Å². The van der Waals surface area contributed by atoms with Crippen molar-refractivity contribution in [3.63, 3.8) is 0 Å². The summed E-state index contributed by atoms with van der Waals surface area (Å²) >= 11 is 0. The Morgan fingerprint density at radius 3 is 2.35 bits per heavy atom. The van der Waals surface area contributed by atoms with E-state index < -0.39 is 20.7 Å². The molecule has 2 rings (SSSR count). The lowest BCUT2D eigenvalue weighted by molar-refractivity contribution is 0.350. The molecule has 0 saturated heterocycles. The molecule has 7 heteroatoms. The number of sulfonamides is 1. The van der Waals surface area contributed by atoms with Crippen LogP contribution in [0.25, 0.3) is 0 Å². The molecule has 0 aliphatic carbocycles. The first-order valence-corrected chi connectivity index (χ1v) is 8.43. The second kappa shape index (κ2) is 6.87. The van der Waals surface area contributed by atoms with Crippen molar-refractivity contribution in [2.45, 2.75) is 18.2 Å². The fraction of sp³-hybridized carbons (Fsp3) is 0.250. The van der Waals surface area contributed by atoms with E-state index in [1.807, 2.05) is 13.0 Å². The molecule has 0 radical (unpaired) electrons. The number of hydrogen-bond acceptors (Lipinski definition) is 4. The lowest BCUT2D eigenvalue weighted by Crippen LogP contribution is -2.15. The van der Waals surface area contributed by atoms with Crippen molar-refractivity contribution in [1.82, 2.24) is 0 Å². The van der Waals surface area contributed by atoms with Crippen LogP contribution in [0.1, 0.15) is 12.5 Å². The van der Waals surface area contributed by atoms with Gasteiger partial charge >= 0.3 is 0 Å². The van der Waals surface area contributed by atoms with Gasteiger partial charge in [-0.2, -0.15) is 0 Å². The Labute approximate surface area is 135 Å². The van der Waals surface area contributed by atoms with E-state index in [1.54, 1.807) is 18.2 Å². The largest absolute Gasteiger partial charge is 0.493 e. The average Bonchev–Trinajstić information content (AvgIpc) is 2.53. The minimum atomic E-state index is -4.09. The molecule has 0 atom stereocenters. The Kier molecular flexibility index (Phi) is 5.10. The zero-order valence-electron chi connectivity index (χ0n) is 13.1. The lowest BCUT2D eigenvalue weighted by atomic mass is 10.1. The van der Waals surface area contributed by atoms with E-state index >= 15 is 0 Å². The molecule has 0 heterocycles. The summed E-state index contributed by atoms with van der Waals surface area (Å²) in [4.78, 5) is -0.503. The first kappa shape index (κ1) is 17.1. The van der Waals surface area contributed by atoms with E-state index in [4.69, 9.17) is 9.47 Å². The number of aryl methyl sites for hydroxylation is 1. The first-order chi connectivity index (χ1) is 10.9. The summed E-state index contributed by atoms with van der Waals surface area (Å²) in [5, 5.41) is 0. The second-order valence-electron chi connectivity index (χ2n) is 4.80. The van der Waals surface area contributed by atoms with Crippen LogP contribution in [0.3, 0.4) is 0 Å². The quantitative estimate of drug-likeness (QED) is 0.878. The fourth-order valence-electron chi connectivity index (χ4n) is 2.11. The maximum Gasteiger partial charge on any atom is 0.264 e. The second-order valence-corrected chi connectivity index (χ2v) is 6.45. The van der Waals surface area contributed by atoms with Gasteiger partial charge in [-0.15, -0.1) is 0 Å². The molecular weight excluding hydrogens is 321 g/mol. The predicted octanol–water partition coefficient (Wildman–Crippen LogP) is 3.21. The van der Waals surface area contributed by atoms with Gasteiger partial charge in [-0.3, -0.25) is 4.72 Å². The Bertz CT molecular complexity index is 806. The van der Waals surface area contributed by atoms with Crippen molar-refractivity contribution in [1.29, 1.82) is 0 Å². The predicted molar refractivity (Wildman–Crippen MR) is 86.1 cm³/mol. The molecule has 2 aromatic rings. The van der Waals surface area contributed by atoms with Gasteiger partial charge in [-0.05, 0) is 24.1 Å². The van der Waals surface area contributed by atoms with E-state index in [1.165, 1.54) is 14.2 Å². The van der Waals surface area contributed by atoms with Gasteiger partial charge in [-0.1, -0.05) is 19.1 Å². The highest BCUT2D eigenvalue weighted by Gasteiger charge is 2.22. The van der Waals surface area contributed by atoms with Crippen LogP contribution in [0.15, 0.2) is 41.3 Å². The standard InChI is InChI=1S/C16H18FNO4S/c1-4-11-6-5-7-12(8-11)18-23(19,20)16-10-15(22-3)14(21-2)9-13(16)17/h5-10,18H,4H2,1-3H3. The molecule has 0 spiro atoms. The molecule has 0 saturated carbocycles. The van der Waals surface area contributed by atoms with Gasteiger partial charge in [0.1, 0.15) is 10.7 Å². The molecular formula is C16H18FNO4S. The van der Waals surface area contributed by atoms with Crippen LogP contribution < -0.4 is 14.2 Å². The number of ether oxygens (including phenoxy) is 2. The molecule has 0 aliphatic heterocycles. The van der Waals surface area contributed by atoms with Crippen LogP contribution in [-0.2, 0) is 16.4 Å². The van der Waals surface area contributed by atoms with E-state index in [-0.39, 0.29) is 11.5 Å². The first-order valence-electron chi connectivity index (χ1n) is 6.94.